The Morgan fingerprint density at radius 2 is 2.03 bits per heavy atom. The Balaban J connectivity index is 1.34. The van der Waals surface area contributed by atoms with Gasteiger partial charge in [-0.25, -0.2) is 4.39 Å². The largest absolute Gasteiger partial charge is 0.497 e. The first kappa shape index (κ1) is 28.2. The van der Waals surface area contributed by atoms with Crippen LogP contribution in [0.3, 0.4) is 0 Å². The first-order chi connectivity index (χ1) is 18.2. The number of pyridine rings is 1. The highest BCUT2D eigenvalue weighted by molar-refractivity contribution is 7.99. The van der Waals surface area contributed by atoms with E-state index in [1.165, 1.54) is 12.1 Å². The predicted octanol–water partition coefficient (Wildman–Crippen LogP) is 6.87. The molecule has 2 aromatic carbocycles. The van der Waals surface area contributed by atoms with Crippen molar-refractivity contribution in [1.82, 2.24) is 9.88 Å². The number of benzene rings is 2. The highest BCUT2D eigenvalue weighted by atomic mass is 32.2. The number of likely N-dealkylation sites (tertiary alicyclic amines) is 1. The quantitative estimate of drug-likeness (QED) is 0.220. The third kappa shape index (κ3) is 6.77. The summed E-state index contributed by atoms with van der Waals surface area (Å²) in [6.45, 7) is 1.40. The van der Waals surface area contributed by atoms with Crippen molar-refractivity contribution in [1.29, 1.82) is 0 Å². The van der Waals surface area contributed by atoms with Gasteiger partial charge in [0.05, 0.1) is 24.1 Å². The second-order valence-corrected chi connectivity index (χ2v) is 10.6. The maximum atomic E-state index is 15.4. The van der Waals surface area contributed by atoms with Gasteiger partial charge in [-0.1, -0.05) is 12.1 Å². The number of halogens is 4. The molecule has 0 aliphatic carbocycles. The molecule has 3 atom stereocenters. The van der Waals surface area contributed by atoms with Crippen LogP contribution in [-0.2, 0) is 11.0 Å². The Morgan fingerprint density at radius 1 is 1.24 bits per heavy atom. The van der Waals surface area contributed by atoms with Crippen LogP contribution in [0.4, 0.5) is 17.6 Å². The number of ether oxygens (including phenoxy) is 1. The zero-order valence-corrected chi connectivity index (χ0v) is 21.8. The van der Waals surface area contributed by atoms with Gasteiger partial charge in [-0.05, 0) is 73.7 Å². The van der Waals surface area contributed by atoms with Crippen molar-refractivity contribution >= 4 is 28.6 Å². The van der Waals surface area contributed by atoms with Gasteiger partial charge >= 0.3 is 12.1 Å². The molecule has 1 aromatic heterocycles. The molecule has 1 saturated heterocycles. The molecule has 204 valence electrons. The smallest absolute Gasteiger partial charge is 0.417 e. The zero-order chi connectivity index (χ0) is 27.3. The topological polar surface area (TPSA) is 62.7 Å². The summed E-state index contributed by atoms with van der Waals surface area (Å²) in [6, 6.07) is 12.4. The van der Waals surface area contributed by atoms with Gasteiger partial charge in [-0.3, -0.25) is 9.78 Å². The molecule has 10 heteroatoms. The molecule has 1 N–H and O–H groups in total. The number of piperidine rings is 1. The lowest BCUT2D eigenvalue weighted by Crippen LogP contribution is -2.44. The minimum Gasteiger partial charge on any atom is -0.497 e. The summed E-state index contributed by atoms with van der Waals surface area (Å²) < 4.78 is 60.4. The van der Waals surface area contributed by atoms with E-state index in [0.717, 1.165) is 17.8 Å². The van der Waals surface area contributed by atoms with Crippen LogP contribution in [0.1, 0.15) is 36.6 Å². The molecule has 1 fully saturated rings. The minimum atomic E-state index is -4.42. The molecule has 1 unspecified atom stereocenters. The van der Waals surface area contributed by atoms with Crippen LogP contribution in [0.5, 0.6) is 5.75 Å². The fourth-order valence-corrected chi connectivity index (χ4v) is 6.15. The maximum absolute atomic E-state index is 15.4. The first-order valence-electron chi connectivity index (χ1n) is 12.5. The average Bonchev–Trinajstić information content (AvgIpc) is 2.91. The molecule has 0 bridgehead atoms. The number of carboxylic acids is 1. The van der Waals surface area contributed by atoms with Crippen molar-refractivity contribution in [2.75, 3.05) is 32.5 Å². The van der Waals surface area contributed by atoms with Crippen molar-refractivity contribution in [3.8, 4) is 5.75 Å². The predicted molar refractivity (Wildman–Crippen MR) is 139 cm³/mol. The Morgan fingerprint density at radius 3 is 2.76 bits per heavy atom. The van der Waals surface area contributed by atoms with Gasteiger partial charge in [-0.2, -0.15) is 13.2 Å². The molecule has 3 aromatic rings. The third-order valence-corrected chi connectivity index (χ3v) is 8.18. The Kier molecular flexibility index (Phi) is 9.15. The van der Waals surface area contributed by atoms with Gasteiger partial charge in [0.1, 0.15) is 11.9 Å². The molecule has 5 nitrogen and oxygen atoms in total. The highest BCUT2D eigenvalue weighted by Gasteiger charge is 2.35. The van der Waals surface area contributed by atoms with Gasteiger partial charge in [0.2, 0.25) is 0 Å². The Bertz CT molecular complexity index is 1260. The fraction of sp³-hybridized carbons (Fsp3) is 0.429. The van der Waals surface area contributed by atoms with Gasteiger partial charge < -0.3 is 14.7 Å². The lowest BCUT2D eigenvalue weighted by molar-refractivity contribution is -0.146. The standard InChI is InChI=1S/C28H30F4N2O3S/c1-37-19-7-9-25-21(16-19)20(10-12-33-25)24(29)8-6-18-11-13-34(17-22(18)27(35)36)14-15-38-26-5-3-2-4-23(26)28(30,31)32/h2-5,7,9-10,12,16,18,22,24H,6,8,11,13-15,17H2,1H3,(H,35,36)/t18-,22+,24?/m1/s1. The molecule has 0 radical (unpaired) electrons. The highest BCUT2D eigenvalue weighted by Crippen LogP contribution is 2.38. The fourth-order valence-electron chi connectivity index (χ4n) is 5.07. The van der Waals surface area contributed by atoms with Crippen LogP contribution in [-0.4, -0.2) is 53.5 Å². The van der Waals surface area contributed by atoms with Gasteiger partial charge in [0.15, 0.2) is 0 Å². The molecular weight excluding hydrogens is 520 g/mol. The second kappa shape index (κ2) is 12.3. The summed E-state index contributed by atoms with van der Waals surface area (Å²) in [5.74, 6) is -0.738. The number of carboxylic acid groups (broad SMARTS) is 1. The van der Waals surface area contributed by atoms with E-state index in [1.54, 1.807) is 43.6 Å². The van der Waals surface area contributed by atoms with E-state index in [0.29, 0.717) is 60.4 Å². The number of carbonyl (C=O) groups is 1. The van der Waals surface area contributed by atoms with E-state index in [2.05, 4.69) is 4.98 Å². The van der Waals surface area contributed by atoms with Gasteiger partial charge in [0, 0.05) is 35.3 Å². The minimum absolute atomic E-state index is 0.167. The summed E-state index contributed by atoms with van der Waals surface area (Å²) in [5.41, 5.74) is 0.515. The zero-order valence-electron chi connectivity index (χ0n) is 21.0. The van der Waals surface area contributed by atoms with Crippen molar-refractivity contribution in [2.45, 2.75) is 36.5 Å². The van der Waals surface area contributed by atoms with Gasteiger partial charge in [0.25, 0.3) is 0 Å². The van der Waals surface area contributed by atoms with Crippen LogP contribution in [0, 0.1) is 11.8 Å². The SMILES string of the molecule is COc1ccc2nccc(C(F)CC[C@@H]3CCN(CCSc4ccccc4C(F)(F)F)C[C@@H]3C(=O)O)c2c1. The number of hydrogen-bond acceptors (Lipinski definition) is 5. The number of methoxy groups -OCH3 is 1. The number of rotatable bonds is 10. The van der Waals surface area contributed by atoms with Crippen LogP contribution >= 0.6 is 11.8 Å². The lowest BCUT2D eigenvalue weighted by Gasteiger charge is -2.36. The van der Waals surface area contributed by atoms with Crippen molar-refractivity contribution < 1.29 is 32.2 Å². The molecule has 0 amide bonds. The lowest BCUT2D eigenvalue weighted by atomic mass is 9.81. The van der Waals surface area contributed by atoms with E-state index in [4.69, 9.17) is 4.74 Å². The van der Waals surface area contributed by atoms with E-state index in [-0.39, 0.29) is 17.2 Å². The van der Waals surface area contributed by atoms with Crippen LogP contribution in [0.2, 0.25) is 0 Å². The summed E-state index contributed by atoms with van der Waals surface area (Å²) in [7, 11) is 1.54. The molecule has 0 spiro atoms. The van der Waals surface area contributed by atoms with E-state index < -0.39 is 29.8 Å². The van der Waals surface area contributed by atoms with Crippen molar-refractivity contribution in [2.24, 2.45) is 11.8 Å². The van der Waals surface area contributed by atoms with E-state index in [9.17, 15) is 23.1 Å². The third-order valence-electron chi connectivity index (χ3n) is 7.13. The molecular formula is C28H30F4N2O3S. The summed E-state index contributed by atoms with van der Waals surface area (Å²) in [5, 5.41) is 10.5. The summed E-state index contributed by atoms with van der Waals surface area (Å²) in [4.78, 5) is 18.5. The van der Waals surface area contributed by atoms with Crippen molar-refractivity contribution in [3.05, 3.63) is 65.9 Å². The molecule has 2 heterocycles. The first-order valence-corrected chi connectivity index (χ1v) is 13.5. The second-order valence-electron chi connectivity index (χ2n) is 9.46. The number of thioether (sulfide) groups is 1. The van der Waals surface area contributed by atoms with Crippen LogP contribution in [0.25, 0.3) is 10.9 Å². The number of aliphatic carboxylic acids is 1. The monoisotopic (exact) mass is 550 g/mol. The Hall–Kier alpha value is -2.85. The number of hydrogen-bond donors (Lipinski definition) is 1. The normalized spacial score (nSPS) is 19.4. The van der Waals surface area contributed by atoms with E-state index >= 15 is 4.39 Å². The summed E-state index contributed by atoms with van der Waals surface area (Å²) in [6.07, 6.45) is -2.91. The number of alkyl halides is 4. The number of nitrogens with zero attached hydrogens (tertiary/aromatic N) is 2. The Labute approximate surface area is 223 Å². The maximum Gasteiger partial charge on any atom is 0.417 e. The average molecular weight is 551 g/mol. The molecule has 1 aliphatic heterocycles. The number of aromatic nitrogens is 1. The number of fused-ring (bicyclic) bond motifs is 1. The molecule has 38 heavy (non-hydrogen) atoms. The van der Waals surface area contributed by atoms with E-state index in [1.807, 2.05) is 4.90 Å². The van der Waals surface area contributed by atoms with Crippen LogP contribution < -0.4 is 4.74 Å². The summed E-state index contributed by atoms with van der Waals surface area (Å²) >= 11 is 1.12. The van der Waals surface area contributed by atoms with Crippen molar-refractivity contribution in [3.63, 3.8) is 0 Å². The van der Waals surface area contributed by atoms with Crippen LogP contribution in [0.15, 0.2) is 59.6 Å². The van der Waals surface area contributed by atoms with Gasteiger partial charge in [-0.15, -0.1) is 11.8 Å². The molecule has 4 rings (SSSR count). The molecule has 0 saturated carbocycles. The molecule has 1 aliphatic rings.